The topological polar surface area (TPSA) is 102 Å². The van der Waals surface area contributed by atoms with Gasteiger partial charge in [-0.2, -0.15) is 4.98 Å². The van der Waals surface area contributed by atoms with E-state index in [4.69, 9.17) is 16.1 Å². The number of rotatable bonds is 7. The van der Waals surface area contributed by atoms with Gasteiger partial charge in [-0.25, -0.2) is 0 Å². The molecule has 150 valence electrons. The molecule has 3 rings (SSSR count). The average Bonchev–Trinajstić information content (AvgIpc) is 3.17. The van der Waals surface area contributed by atoms with E-state index in [1.54, 1.807) is 41.3 Å². The van der Waals surface area contributed by atoms with E-state index in [-0.39, 0.29) is 23.5 Å². The summed E-state index contributed by atoms with van der Waals surface area (Å²) in [5, 5.41) is 15.2. The Morgan fingerprint density at radius 1 is 1.24 bits per heavy atom. The summed E-state index contributed by atoms with van der Waals surface area (Å²) in [5.41, 5.74) is 0.873. The van der Waals surface area contributed by atoms with Gasteiger partial charge in [0.25, 0.3) is 11.6 Å². The third-order valence-electron chi connectivity index (χ3n) is 4.34. The number of hydrogen-bond donors (Lipinski definition) is 0. The van der Waals surface area contributed by atoms with E-state index in [2.05, 4.69) is 10.1 Å². The van der Waals surface area contributed by atoms with Crippen LogP contribution >= 0.6 is 11.6 Å². The van der Waals surface area contributed by atoms with Crippen molar-refractivity contribution in [2.24, 2.45) is 0 Å². The first-order chi connectivity index (χ1) is 13.9. The van der Waals surface area contributed by atoms with Crippen LogP contribution in [0.3, 0.4) is 0 Å². The molecule has 0 aliphatic carbocycles. The lowest BCUT2D eigenvalue weighted by Crippen LogP contribution is -2.38. The monoisotopic (exact) mass is 414 g/mol. The minimum absolute atomic E-state index is 0.0508. The van der Waals surface area contributed by atoms with E-state index in [0.29, 0.717) is 35.0 Å². The van der Waals surface area contributed by atoms with Gasteiger partial charge in [-0.05, 0) is 26.0 Å². The largest absolute Gasteiger partial charge is 0.339 e. The zero-order chi connectivity index (χ0) is 21.0. The maximum absolute atomic E-state index is 12.9. The SMILES string of the molecule is CC(C)N(CCc1nc(-c2cccc([N+](=O)[O-])c2)no1)C(=O)c1ccccc1Cl. The fraction of sp³-hybridized carbons (Fsp3) is 0.250. The lowest BCUT2D eigenvalue weighted by Gasteiger charge is -2.26. The Bertz CT molecular complexity index is 1030. The molecule has 2 aromatic carbocycles. The highest BCUT2D eigenvalue weighted by molar-refractivity contribution is 6.33. The fourth-order valence-corrected chi connectivity index (χ4v) is 3.05. The molecule has 0 spiro atoms. The second kappa shape index (κ2) is 8.83. The Morgan fingerprint density at radius 3 is 2.69 bits per heavy atom. The van der Waals surface area contributed by atoms with Crippen molar-refractivity contribution in [1.29, 1.82) is 0 Å². The van der Waals surface area contributed by atoms with E-state index in [1.165, 1.54) is 12.1 Å². The Morgan fingerprint density at radius 2 is 2.00 bits per heavy atom. The minimum atomic E-state index is -0.481. The number of hydrogen-bond acceptors (Lipinski definition) is 6. The molecule has 0 aliphatic heterocycles. The number of nitro groups is 1. The Labute approximate surface area is 172 Å². The van der Waals surface area contributed by atoms with Crippen LogP contribution in [0, 0.1) is 10.1 Å². The van der Waals surface area contributed by atoms with Gasteiger partial charge in [-0.3, -0.25) is 14.9 Å². The van der Waals surface area contributed by atoms with Crippen molar-refractivity contribution in [2.75, 3.05) is 6.54 Å². The van der Waals surface area contributed by atoms with Gasteiger partial charge in [0.05, 0.1) is 15.5 Å². The highest BCUT2D eigenvalue weighted by Crippen LogP contribution is 2.22. The van der Waals surface area contributed by atoms with Crippen LogP contribution in [-0.2, 0) is 6.42 Å². The number of nitro benzene ring substituents is 1. The molecule has 0 fully saturated rings. The summed E-state index contributed by atoms with van der Waals surface area (Å²) in [5.74, 6) is 0.422. The van der Waals surface area contributed by atoms with Gasteiger partial charge in [0.2, 0.25) is 11.7 Å². The molecule has 0 N–H and O–H groups in total. The molecule has 0 saturated heterocycles. The summed E-state index contributed by atoms with van der Waals surface area (Å²) < 4.78 is 5.26. The molecule has 29 heavy (non-hydrogen) atoms. The summed E-state index contributed by atoms with van der Waals surface area (Å²) in [6, 6.07) is 12.9. The first kappa shape index (κ1) is 20.5. The predicted molar refractivity (Wildman–Crippen MR) is 108 cm³/mol. The van der Waals surface area contributed by atoms with Crippen LogP contribution in [-0.4, -0.2) is 38.5 Å². The molecule has 0 aliphatic rings. The predicted octanol–water partition coefficient (Wildman–Crippen LogP) is 4.39. The van der Waals surface area contributed by atoms with Crippen molar-refractivity contribution >= 4 is 23.2 Å². The lowest BCUT2D eigenvalue weighted by molar-refractivity contribution is -0.384. The highest BCUT2D eigenvalue weighted by atomic mass is 35.5. The minimum Gasteiger partial charge on any atom is -0.339 e. The fourth-order valence-electron chi connectivity index (χ4n) is 2.83. The maximum Gasteiger partial charge on any atom is 0.270 e. The van der Waals surface area contributed by atoms with E-state index in [1.807, 2.05) is 13.8 Å². The van der Waals surface area contributed by atoms with Crippen LogP contribution in [0.5, 0.6) is 0 Å². The number of amides is 1. The summed E-state index contributed by atoms with van der Waals surface area (Å²) in [6.07, 6.45) is 0.344. The second-order valence-corrected chi connectivity index (χ2v) is 7.05. The first-order valence-electron chi connectivity index (χ1n) is 8.99. The van der Waals surface area contributed by atoms with Crippen molar-refractivity contribution in [1.82, 2.24) is 15.0 Å². The summed E-state index contributed by atoms with van der Waals surface area (Å²) in [6.45, 7) is 4.19. The van der Waals surface area contributed by atoms with E-state index in [9.17, 15) is 14.9 Å². The number of non-ortho nitro benzene ring substituents is 1. The van der Waals surface area contributed by atoms with Gasteiger partial charge in [-0.1, -0.05) is 41.0 Å². The molecule has 1 amide bonds. The number of aromatic nitrogens is 2. The first-order valence-corrected chi connectivity index (χ1v) is 9.37. The summed E-state index contributed by atoms with van der Waals surface area (Å²) in [7, 11) is 0. The molecular formula is C20H19ClN4O4. The molecule has 3 aromatic rings. The third kappa shape index (κ3) is 4.78. The molecule has 0 bridgehead atoms. The molecule has 0 radical (unpaired) electrons. The smallest absolute Gasteiger partial charge is 0.270 e. The molecule has 8 nitrogen and oxygen atoms in total. The van der Waals surface area contributed by atoms with Gasteiger partial charge >= 0.3 is 0 Å². The van der Waals surface area contributed by atoms with Crippen LogP contribution in [0.1, 0.15) is 30.1 Å². The van der Waals surface area contributed by atoms with Crippen molar-refractivity contribution in [3.8, 4) is 11.4 Å². The van der Waals surface area contributed by atoms with E-state index >= 15 is 0 Å². The van der Waals surface area contributed by atoms with Crippen LogP contribution in [0.2, 0.25) is 5.02 Å². The number of benzene rings is 2. The Hall–Kier alpha value is -3.26. The van der Waals surface area contributed by atoms with Crippen LogP contribution < -0.4 is 0 Å². The van der Waals surface area contributed by atoms with Crippen LogP contribution in [0.15, 0.2) is 53.1 Å². The number of carbonyl (C=O) groups excluding carboxylic acids is 1. The molecule has 0 atom stereocenters. The van der Waals surface area contributed by atoms with E-state index < -0.39 is 4.92 Å². The summed E-state index contributed by atoms with van der Waals surface area (Å²) in [4.78, 5) is 29.3. The van der Waals surface area contributed by atoms with Crippen molar-refractivity contribution in [2.45, 2.75) is 26.3 Å². The molecule has 0 unspecified atom stereocenters. The molecule has 9 heteroatoms. The number of carbonyl (C=O) groups is 1. The Kier molecular flexibility index (Phi) is 6.23. The highest BCUT2D eigenvalue weighted by Gasteiger charge is 2.22. The summed E-state index contributed by atoms with van der Waals surface area (Å²) >= 11 is 6.15. The zero-order valence-corrected chi connectivity index (χ0v) is 16.7. The standard InChI is InChI=1S/C20H19ClN4O4/c1-13(2)24(20(26)16-8-3-4-9-17(16)21)11-10-18-22-19(23-29-18)14-6-5-7-15(12-14)25(27)28/h3-9,12-13H,10-11H2,1-2H3. The third-order valence-corrected chi connectivity index (χ3v) is 4.67. The van der Waals surface area contributed by atoms with Gasteiger partial charge < -0.3 is 9.42 Å². The number of halogens is 1. The Balaban J connectivity index is 1.73. The normalized spacial score (nSPS) is 10.9. The van der Waals surface area contributed by atoms with Crippen molar-refractivity contribution < 1.29 is 14.2 Å². The average molecular weight is 415 g/mol. The molecular weight excluding hydrogens is 396 g/mol. The maximum atomic E-state index is 12.9. The van der Waals surface area contributed by atoms with Gasteiger partial charge in [0.15, 0.2) is 0 Å². The second-order valence-electron chi connectivity index (χ2n) is 6.64. The van der Waals surface area contributed by atoms with Crippen LogP contribution in [0.25, 0.3) is 11.4 Å². The van der Waals surface area contributed by atoms with Gasteiger partial charge in [-0.15, -0.1) is 0 Å². The molecule has 1 heterocycles. The quantitative estimate of drug-likeness (QED) is 0.419. The zero-order valence-electron chi connectivity index (χ0n) is 15.9. The lowest BCUT2D eigenvalue weighted by atomic mass is 10.1. The van der Waals surface area contributed by atoms with Crippen molar-refractivity contribution in [3.63, 3.8) is 0 Å². The van der Waals surface area contributed by atoms with E-state index in [0.717, 1.165) is 0 Å². The number of nitrogens with zero attached hydrogens (tertiary/aromatic N) is 4. The van der Waals surface area contributed by atoms with Gasteiger partial charge in [0.1, 0.15) is 0 Å². The molecule has 1 aromatic heterocycles. The van der Waals surface area contributed by atoms with Gasteiger partial charge in [0, 0.05) is 36.7 Å². The van der Waals surface area contributed by atoms with Crippen LogP contribution in [0.4, 0.5) is 5.69 Å². The van der Waals surface area contributed by atoms with Crippen molar-refractivity contribution in [3.05, 3.63) is 75.1 Å². The molecule has 0 saturated carbocycles.